The molecular formula is C21H32ClIN6. The van der Waals surface area contributed by atoms with Crippen LogP contribution in [-0.4, -0.2) is 45.8 Å². The molecule has 0 spiro atoms. The van der Waals surface area contributed by atoms with E-state index in [1.54, 1.807) is 0 Å². The second kappa shape index (κ2) is 12.4. The molecule has 1 aromatic heterocycles. The van der Waals surface area contributed by atoms with E-state index in [-0.39, 0.29) is 24.0 Å². The van der Waals surface area contributed by atoms with E-state index in [0.29, 0.717) is 0 Å². The average Bonchev–Trinajstić information content (AvgIpc) is 2.90. The van der Waals surface area contributed by atoms with Crippen molar-refractivity contribution in [3.8, 4) is 0 Å². The second-order valence-electron chi connectivity index (χ2n) is 7.32. The Balaban J connectivity index is 0.00000300. The molecule has 0 unspecified atom stereocenters. The van der Waals surface area contributed by atoms with Crippen LogP contribution in [0.4, 0.5) is 0 Å². The van der Waals surface area contributed by atoms with Crippen molar-refractivity contribution in [2.75, 3.05) is 20.1 Å². The molecule has 1 aliphatic heterocycles. The average molecular weight is 531 g/mol. The third-order valence-electron chi connectivity index (χ3n) is 5.01. The number of nitrogens with one attached hydrogen (secondary N) is 1. The lowest BCUT2D eigenvalue weighted by atomic mass is 10.2. The minimum absolute atomic E-state index is 0. The summed E-state index contributed by atoms with van der Waals surface area (Å²) in [7, 11) is 2.06. The van der Waals surface area contributed by atoms with Crippen LogP contribution < -0.4 is 5.32 Å². The lowest BCUT2D eigenvalue weighted by molar-refractivity contribution is 0.476. The molecule has 1 aliphatic rings. The SMILES string of the molecule is CCNC(=NCCCc1nnc2n1CCCCC2)N(C)Cc1cccc(Cl)c1.I. The van der Waals surface area contributed by atoms with E-state index in [2.05, 4.69) is 45.0 Å². The van der Waals surface area contributed by atoms with Crippen LogP contribution in [0.3, 0.4) is 0 Å². The van der Waals surface area contributed by atoms with Crippen molar-refractivity contribution in [1.29, 1.82) is 0 Å². The number of hydrogen-bond donors (Lipinski definition) is 1. The third-order valence-corrected chi connectivity index (χ3v) is 5.25. The molecule has 0 fully saturated rings. The maximum Gasteiger partial charge on any atom is 0.193 e. The molecule has 0 bridgehead atoms. The number of fused-ring (bicyclic) bond motifs is 1. The van der Waals surface area contributed by atoms with Crippen molar-refractivity contribution in [2.24, 2.45) is 4.99 Å². The fourth-order valence-electron chi connectivity index (χ4n) is 3.61. The summed E-state index contributed by atoms with van der Waals surface area (Å²) in [5.41, 5.74) is 1.17. The largest absolute Gasteiger partial charge is 0.357 e. The summed E-state index contributed by atoms with van der Waals surface area (Å²) in [4.78, 5) is 6.94. The molecule has 0 radical (unpaired) electrons. The van der Waals surface area contributed by atoms with E-state index in [0.717, 1.165) is 68.1 Å². The highest BCUT2D eigenvalue weighted by atomic mass is 127. The predicted octanol–water partition coefficient (Wildman–Crippen LogP) is 4.31. The van der Waals surface area contributed by atoms with Crippen molar-refractivity contribution in [3.05, 3.63) is 46.5 Å². The zero-order chi connectivity index (χ0) is 19.8. The van der Waals surface area contributed by atoms with Crippen molar-refractivity contribution in [2.45, 2.75) is 58.5 Å². The van der Waals surface area contributed by atoms with Crippen LogP contribution >= 0.6 is 35.6 Å². The number of rotatable bonds is 7. The smallest absolute Gasteiger partial charge is 0.193 e. The highest BCUT2D eigenvalue weighted by molar-refractivity contribution is 14.0. The van der Waals surface area contributed by atoms with Crippen LogP contribution in [0, 0.1) is 0 Å². The molecular weight excluding hydrogens is 499 g/mol. The third kappa shape index (κ3) is 7.13. The topological polar surface area (TPSA) is 58.3 Å². The Bertz CT molecular complexity index is 791. The molecule has 0 saturated heterocycles. The molecule has 3 rings (SSSR count). The van der Waals surface area contributed by atoms with E-state index < -0.39 is 0 Å². The highest BCUT2D eigenvalue weighted by Gasteiger charge is 2.14. The van der Waals surface area contributed by atoms with Gasteiger partial charge in [0.05, 0.1) is 0 Å². The molecule has 1 N–H and O–H groups in total. The molecule has 0 saturated carbocycles. The summed E-state index contributed by atoms with van der Waals surface area (Å²) in [5, 5.41) is 12.9. The molecule has 29 heavy (non-hydrogen) atoms. The Morgan fingerprint density at radius 1 is 1.28 bits per heavy atom. The van der Waals surface area contributed by atoms with E-state index >= 15 is 0 Å². The van der Waals surface area contributed by atoms with Crippen LogP contribution in [0.15, 0.2) is 29.3 Å². The quantitative estimate of drug-likeness (QED) is 0.251. The number of guanidine groups is 1. The minimum atomic E-state index is 0. The maximum absolute atomic E-state index is 6.10. The van der Waals surface area contributed by atoms with Gasteiger partial charge in [0, 0.05) is 51.1 Å². The molecule has 160 valence electrons. The first-order valence-electron chi connectivity index (χ1n) is 10.3. The Labute approximate surface area is 196 Å². The van der Waals surface area contributed by atoms with Crippen molar-refractivity contribution >= 4 is 41.5 Å². The predicted molar refractivity (Wildman–Crippen MR) is 130 cm³/mol. The number of halogens is 2. The molecule has 1 aromatic carbocycles. The Morgan fingerprint density at radius 2 is 2.14 bits per heavy atom. The van der Waals surface area contributed by atoms with Gasteiger partial charge >= 0.3 is 0 Å². The molecule has 6 nitrogen and oxygen atoms in total. The van der Waals surface area contributed by atoms with Crippen LogP contribution in [0.25, 0.3) is 0 Å². The summed E-state index contributed by atoms with van der Waals surface area (Å²) in [6.45, 7) is 5.53. The lowest BCUT2D eigenvalue weighted by Gasteiger charge is -2.22. The zero-order valence-electron chi connectivity index (χ0n) is 17.4. The monoisotopic (exact) mass is 530 g/mol. The van der Waals surface area contributed by atoms with E-state index in [1.807, 2.05) is 18.2 Å². The van der Waals surface area contributed by atoms with E-state index in [9.17, 15) is 0 Å². The minimum Gasteiger partial charge on any atom is -0.357 e. The van der Waals surface area contributed by atoms with Gasteiger partial charge in [-0.15, -0.1) is 34.2 Å². The molecule has 0 atom stereocenters. The molecule has 2 aromatic rings. The number of nitrogens with zero attached hydrogens (tertiary/aromatic N) is 5. The van der Waals surface area contributed by atoms with Gasteiger partial charge in [0.1, 0.15) is 11.6 Å². The standard InChI is InChI=1S/C21H31ClN6.HI/c1-3-23-21(27(2)16-17-9-7-10-18(22)15-17)24-13-8-12-20-26-25-19-11-5-4-6-14-28(19)20;/h7,9-10,15H,3-6,8,11-14,16H2,1-2H3,(H,23,24);1H. The summed E-state index contributed by atoms with van der Waals surface area (Å²) >= 11 is 6.10. The fourth-order valence-corrected chi connectivity index (χ4v) is 3.82. The highest BCUT2D eigenvalue weighted by Crippen LogP contribution is 2.15. The summed E-state index contributed by atoms with van der Waals surface area (Å²) < 4.78 is 2.33. The van der Waals surface area contributed by atoms with Crippen LogP contribution in [0.5, 0.6) is 0 Å². The van der Waals surface area contributed by atoms with Crippen LogP contribution in [0.2, 0.25) is 5.02 Å². The number of aliphatic imine (C=N–C) groups is 1. The number of hydrogen-bond acceptors (Lipinski definition) is 3. The van der Waals surface area contributed by atoms with Gasteiger partial charge in [-0.05, 0) is 43.9 Å². The maximum atomic E-state index is 6.10. The first-order chi connectivity index (χ1) is 13.7. The van der Waals surface area contributed by atoms with Gasteiger partial charge < -0.3 is 14.8 Å². The number of aromatic nitrogens is 3. The zero-order valence-corrected chi connectivity index (χ0v) is 20.5. The van der Waals surface area contributed by atoms with E-state index in [1.165, 1.54) is 24.8 Å². The second-order valence-corrected chi connectivity index (χ2v) is 7.76. The first-order valence-corrected chi connectivity index (χ1v) is 10.7. The van der Waals surface area contributed by atoms with Crippen LogP contribution in [-0.2, 0) is 25.9 Å². The number of benzene rings is 1. The van der Waals surface area contributed by atoms with Crippen molar-refractivity contribution in [1.82, 2.24) is 25.0 Å². The van der Waals surface area contributed by atoms with Gasteiger partial charge in [-0.1, -0.05) is 30.2 Å². The molecule has 0 amide bonds. The normalized spacial score (nSPS) is 14.0. The van der Waals surface area contributed by atoms with Crippen molar-refractivity contribution < 1.29 is 0 Å². The summed E-state index contributed by atoms with van der Waals surface area (Å²) in [6, 6.07) is 7.97. The first kappa shape index (κ1) is 23.9. The van der Waals surface area contributed by atoms with Gasteiger partial charge in [0.2, 0.25) is 0 Å². The van der Waals surface area contributed by atoms with Crippen LogP contribution in [0.1, 0.15) is 49.8 Å². The molecule has 8 heteroatoms. The Morgan fingerprint density at radius 3 is 2.93 bits per heavy atom. The summed E-state index contributed by atoms with van der Waals surface area (Å²) in [5.74, 6) is 3.19. The molecule has 2 heterocycles. The van der Waals surface area contributed by atoms with E-state index in [4.69, 9.17) is 16.6 Å². The van der Waals surface area contributed by atoms with Crippen molar-refractivity contribution in [3.63, 3.8) is 0 Å². The Kier molecular flexibility index (Phi) is 10.2. The lowest BCUT2D eigenvalue weighted by Crippen LogP contribution is -2.38. The fraction of sp³-hybridized carbons (Fsp3) is 0.571. The van der Waals surface area contributed by atoms with Gasteiger partial charge in [-0.25, -0.2) is 0 Å². The Hall–Kier alpha value is -1.35. The number of aryl methyl sites for hydroxylation is 2. The van der Waals surface area contributed by atoms with Gasteiger partial charge in [-0.2, -0.15) is 0 Å². The van der Waals surface area contributed by atoms with Gasteiger partial charge in [0.15, 0.2) is 5.96 Å². The van der Waals surface area contributed by atoms with Gasteiger partial charge in [-0.3, -0.25) is 4.99 Å². The van der Waals surface area contributed by atoms with Gasteiger partial charge in [0.25, 0.3) is 0 Å². The summed E-state index contributed by atoms with van der Waals surface area (Å²) in [6.07, 6.45) is 6.70. The molecule has 0 aliphatic carbocycles.